The lowest BCUT2D eigenvalue weighted by Gasteiger charge is -2.24. The molecule has 1 atom stereocenters. The van der Waals surface area contributed by atoms with E-state index in [9.17, 15) is 4.79 Å². The predicted molar refractivity (Wildman–Crippen MR) is 71.0 cm³/mol. The lowest BCUT2D eigenvalue weighted by Crippen LogP contribution is -2.36. The average Bonchev–Trinajstić information content (AvgIpc) is 2.69. The molecule has 1 amide bonds. The van der Waals surface area contributed by atoms with E-state index in [1.807, 2.05) is 25.3 Å². The molecule has 98 valence electrons. The molecule has 5 nitrogen and oxygen atoms in total. The van der Waals surface area contributed by atoms with Crippen molar-refractivity contribution in [1.82, 2.24) is 9.47 Å². The number of nitrogen functional groups attached to an aromatic ring is 1. The van der Waals surface area contributed by atoms with Crippen molar-refractivity contribution in [3.05, 3.63) is 18.0 Å². The van der Waals surface area contributed by atoms with E-state index in [1.54, 1.807) is 24.2 Å². The minimum absolute atomic E-state index is 0.108. The van der Waals surface area contributed by atoms with E-state index in [0.717, 1.165) is 0 Å². The van der Waals surface area contributed by atoms with Crippen molar-refractivity contribution < 1.29 is 4.79 Å². The van der Waals surface area contributed by atoms with Gasteiger partial charge in [0, 0.05) is 25.3 Å². The maximum atomic E-state index is 12.3. The van der Waals surface area contributed by atoms with Gasteiger partial charge in [0.2, 0.25) is 0 Å². The number of nitrogens with zero attached hydrogens (tertiary/aromatic N) is 3. The van der Waals surface area contributed by atoms with Gasteiger partial charge in [0.25, 0.3) is 5.91 Å². The number of carbonyl (C=O) groups is 1. The Balaban J connectivity index is 3.00. The molecule has 1 rings (SSSR count). The minimum Gasteiger partial charge on any atom is -0.397 e. The molecule has 0 saturated carbocycles. The van der Waals surface area contributed by atoms with Gasteiger partial charge >= 0.3 is 0 Å². The van der Waals surface area contributed by atoms with Crippen LogP contribution in [0.4, 0.5) is 5.69 Å². The molecular weight excluding hydrogens is 228 g/mol. The van der Waals surface area contributed by atoms with Crippen molar-refractivity contribution >= 4 is 11.6 Å². The normalized spacial score (nSPS) is 12.2. The average molecular weight is 248 g/mol. The molecule has 0 radical (unpaired) electrons. The van der Waals surface area contributed by atoms with Gasteiger partial charge in [-0.25, -0.2) is 0 Å². The maximum absolute atomic E-state index is 12.3. The Morgan fingerprint density at radius 2 is 2.17 bits per heavy atom. The number of anilines is 1. The third-order valence-corrected chi connectivity index (χ3v) is 3.01. The summed E-state index contributed by atoms with van der Waals surface area (Å²) in [5, 5.41) is 8.67. The molecule has 0 aliphatic rings. The summed E-state index contributed by atoms with van der Waals surface area (Å²) in [6.07, 6.45) is 2.08. The molecule has 2 N–H and O–H groups in total. The number of rotatable bonds is 4. The smallest absolute Gasteiger partial charge is 0.270 e. The maximum Gasteiger partial charge on any atom is 0.270 e. The first-order valence-corrected chi connectivity index (χ1v) is 6.00. The van der Waals surface area contributed by atoms with E-state index in [0.29, 0.717) is 17.8 Å². The number of hydrogen-bond acceptors (Lipinski definition) is 3. The monoisotopic (exact) mass is 248 g/mol. The van der Waals surface area contributed by atoms with Crippen LogP contribution >= 0.6 is 0 Å². The number of aromatic nitrogens is 1. The highest BCUT2D eigenvalue weighted by Gasteiger charge is 2.21. The van der Waals surface area contributed by atoms with Crippen molar-refractivity contribution in [2.24, 2.45) is 0 Å². The fraction of sp³-hybridized carbons (Fsp3) is 0.538. The Hall–Kier alpha value is -1.96. The van der Waals surface area contributed by atoms with Crippen LogP contribution < -0.4 is 5.73 Å². The van der Waals surface area contributed by atoms with Gasteiger partial charge < -0.3 is 15.2 Å². The number of nitriles is 1. The molecule has 0 aliphatic carbocycles. The Bertz CT molecular complexity index is 470. The fourth-order valence-electron chi connectivity index (χ4n) is 1.75. The molecule has 0 saturated heterocycles. The van der Waals surface area contributed by atoms with Crippen LogP contribution in [0.3, 0.4) is 0 Å². The largest absolute Gasteiger partial charge is 0.397 e. The van der Waals surface area contributed by atoms with Crippen molar-refractivity contribution in [3.8, 4) is 6.07 Å². The van der Waals surface area contributed by atoms with Crippen LogP contribution in [0.2, 0.25) is 0 Å². The van der Waals surface area contributed by atoms with Crippen LogP contribution in [0.1, 0.15) is 43.7 Å². The molecule has 1 aromatic rings. The molecule has 5 heteroatoms. The molecule has 1 heterocycles. The number of hydrogen-bond donors (Lipinski definition) is 1. The summed E-state index contributed by atoms with van der Waals surface area (Å²) < 4.78 is 1.85. The van der Waals surface area contributed by atoms with Gasteiger partial charge in [-0.2, -0.15) is 5.26 Å². The summed E-state index contributed by atoms with van der Waals surface area (Å²) in [6.45, 7) is 5.84. The first-order valence-electron chi connectivity index (χ1n) is 6.00. The molecule has 18 heavy (non-hydrogen) atoms. The topological polar surface area (TPSA) is 75.1 Å². The van der Waals surface area contributed by atoms with Gasteiger partial charge in [-0.15, -0.1) is 0 Å². The van der Waals surface area contributed by atoms with E-state index < -0.39 is 0 Å². The Labute approximate surface area is 108 Å². The molecule has 0 bridgehead atoms. The highest BCUT2D eigenvalue weighted by Crippen LogP contribution is 2.19. The van der Waals surface area contributed by atoms with E-state index >= 15 is 0 Å². The zero-order valence-corrected chi connectivity index (χ0v) is 11.3. The van der Waals surface area contributed by atoms with Gasteiger partial charge in [0.05, 0.1) is 18.2 Å². The summed E-state index contributed by atoms with van der Waals surface area (Å²) >= 11 is 0. The summed E-state index contributed by atoms with van der Waals surface area (Å²) in [5.74, 6) is -0.108. The molecule has 0 fully saturated rings. The Kier molecular flexibility index (Phi) is 4.38. The summed E-state index contributed by atoms with van der Waals surface area (Å²) in [5.41, 5.74) is 6.89. The Morgan fingerprint density at radius 1 is 1.56 bits per heavy atom. The van der Waals surface area contributed by atoms with Crippen LogP contribution in [-0.4, -0.2) is 28.5 Å². The lowest BCUT2D eigenvalue weighted by molar-refractivity contribution is 0.0733. The number of nitrogens with two attached hydrogens (primary N) is 1. The fourth-order valence-corrected chi connectivity index (χ4v) is 1.75. The molecular formula is C13H20N4O. The van der Waals surface area contributed by atoms with Gasteiger partial charge in [-0.05, 0) is 26.8 Å². The van der Waals surface area contributed by atoms with Crippen molar-refractivity contribution in [2.75, 3.05) is 12.8 Å². The predicted octanol–water partition coefficient (Wildman–Crippen LogP) is 2.03. The second-order valence-corrected chi connectivity index (χ2v) is 4.79. The second kappa shape index (κ2) is 5.58. The SMILES string of the molecule is CC(CC#N)N(C)C(=O)c1cc(N)cn1C(C)C. The molecule has 1 unspecified atom stereocenters. The van der Waals surface area contributed by atoms with Crippen LogP contribution in [0.25, 0.3) is 0 Å². The van der Waals surface area contributed by atoms with Gasteiger partial charge in [0.15, 0.2) is 0 Å². The van der Waals surface area contributed by atoms with Crippen LogP contribution in [-0.2, 0) is 0 Å². The summed E-state index contributed by atoms with van der Waals surface area (Å²) in [6, 6.07) is 3.81. The standard InChI is InChI=1S/C13H20N4O/c1-9(2)17-8-11(15)7-12(17)13(18)16(4)10(3)5-6-14/h7-10H,5,15H2,1-4H3. The van der Waals surface area contributed by atoms with Gasteiger partial charge in [0.1, 0.15) is 5.69 Å². The number of carbonyl (C=O) groups excluding carboxylic acids is 1. The van der Waals surface area contributed by atoms with E-state index in [-0.39, 0.29) is 18.0 Å². The summed E-state index contributed by atoms with van der Waals surface area (Å²) in [4.78, 5) is 13.9. The summed E-state index contributed by atoms with van der Waals surface area (Å²) in [7, 11) is 1.71. The minimum atomic E-state index is -0.112. The first kappa shape index (κ1) is 14.1. The third kappa shape index (κ3) is 2.83. The molecule has 0 aromatic carbocycles. The molecule has 1 aromatic heterocycles. The van der Waals surface area contributed by atoms with Gasteiger partial charge in [-0.3, -0.25) is 4.79 Å². The van der Waals surface area contributed by atoms with Crippen LogP contribution in [0, 0.1) is 11.3 Å². The highest BCUT2D eigenvalue weighted by atomic mass is 16.2. The van der Waals surface area contributed by atoms with E-state index in [2.05, 4.69) is 6.07 Å². The number of amides is 1. The van der Waals surface area contributed by atoms with Crippen molar-refractivity contribution in [2.45, 2.75) is 39.3 Å². The first-order chi connectivity index (χ1) is 8.38. The van der Waals surface area contributed by atoms with Crippen molar-refractivity contribution in [3.63, 3.8) is 0 Å². The lowest BCUT2D eigenvalue weighted by atomic mass is 10.2. The molecule has 0 aliphatic heterocycles. The van der Waals surface area contributed by atoms with Gasteiger partial charge in [-0.1, -0.05) is 0 Å². The Morgan fingerprint density at radius 3 is 2.67 bits per heavy atom. The van der Waals surface area contributed by atoms with E-state index in [4.69, 9.17) is 11.0 Å². The molecule has 0 spiro atoms. The second-order valence-electron chi connectivity index (χ2n) is 4.79. The third-order valence-electron chi connectivity index (χ3n) is 3.01. The van der Waals surface area contributed by atoms with Crippen LogP contribution in [0.15, 0.2) is 12.3 Å². The zero-order valence-electron chi connectivity index (χ0n) is 11.3. The highest BCUT2D eigenvalue weighted by molar-refractivity contribution is 5.94. The zero-order chi connectivity index (χ0) is 13.9. The van der Waals surface area contributed by atoms with Crippen LogP contribution in [0.5, 0.6) is 0 Å². The quantitative estimate of drug-likeness (QED) is 0.885. The van der Waals surface area contributed by atoms with Crippen molar-refractivity contribution in [1.29, 1.82) is 5.26 Å². The van der Waals surface area contributed by atoms with E-state index in [1.165, 1.54) is 0 Å².